The number of ether oxygens (including phenoxy) is 2. The van der Waals surface area contributed by atoms with Crippen LogP contribution in [0.15, 0.2) is 36.8 Å². The van der Waals surface area contributed by atoms with Gasteiger partial charge in [0.2, 0.25) is 0 Å². The second-order valence-corrected chi connectivity index (χ2v) is 9.70. The smallest absolute Gasteiger partial charge is 0.317 e. The van der Waals surface area contributed by atoms with Crippen LogP contribution in [-0.4, -0.2) is 63.4 Å². The predicted molar refractivity (Wildman–Crippen MR) is 129 cm³/mol. The van der Waals surface area contributed by atoms with Gasteiger partial charge in [-0.15, -0.1) is 0 Å². The summed E-state index contributed by atoms with van der Waals surface area (Å²) in [4.78, 5) is 21.1. The number of hydrogen-bond donors (Lipinski definition) is 1. The van der Waals surface area contributed by atoms with E-state index in [0.29, 0.717) is 32.1 Å². The summed E-state index contributed by atoms with van der Waals surface area (Å²) in [7, 11) is 0. The minimum atomic E-state index is -0.662. The molecule has 2 aliphatic heterocycles. The Morgan fingerprint density at radius 2 is 1.91 bits per heavy atom. The fourth-order valence-corrected chi connectivity index (χ4v) is 5.02. The highest BCUT2D eigenvalue weighted by atomic mass is 32.1. The van der Waals surface area contributed by atoms with Crippen LogP contribution in [0, 0.1) is 0 Å². The highest BCUT2D eigenvalue weighted by Gasteiger charge is 2.23. The van der Waals surface area contributed by atoms with Crippen molar-refractivity contribution in [1.29, 1.82) is 0 Å². The van der Waals surface area contributed by atoms with Gasteiger partial charge in [0.15, 0.2) is 5.13 Å². The molecule has 34 heavy (non-hydrogen) atoms. The van der Waals surface area contributed by atoms with Gasteiger partial charge in [-0.2, -0.15) is 4.98 Å². The van der Waals surface area contributed by atoms with Crippen LogP contribution in [0.25, 0.3) is 10.6 Å². The van der Waals surface area contributed by atoms with E-state index in [1.807, 2.05) is 18.3 Å². The van der Waals surface area contributed by atoms with Gasteiger partial charge in [-0.3, -0.25) is 4.90 Å². The topological polar surface area (TPSA) is 85.3 Å². The van der Waals surface area contributed by atoms with Gasteiger partial charge in [-0.05, 0) is 37.5 Å². The van der Waals surface area contributed by atoms with Crippen molar-refractivity contribution >= 4 is 22.3 Å². The summed E-state index contributed by atoms with van der Waals surface area (Å²) in [5.41, 5.74) is 1.90. The zero-order valence-corrected chi connectivity index (χ0v) is 20.0. The van der Waals surface area contributed by atoms with Crippen LogP contribution < -0.4 is 10.1 Å². The molecule has 2 saturated heterocycles. The summed E-state index contributed by atoms with van der Waals surface area (Å²) in [5, 5.41) is 4.01. The van der Waals surface area contributed by atoms with Gasteiger partial charge in [0, 0.05) is 50.6 Å². The molecule has 5 rings (SSSR count). The fourth-order valence-electron chi connectivity index (χ4n) is 4.23. The molecule has 0 saturated carbocycles. The Bertz CT molecular complexity index is 1070. The molecule has 180 valence electrons. The molecule has 2 fully saturated rings. The average molecular weight is 485 g/mol. The summed E-state index contributed by atoms with van der Waals surface area (Å²) >= 11 is 1.50. The maximum Gasteiger partial charge on any atom is 0.317 e. The number of likely N-dealkylation sites (tertiary alicyclic amines) is 1. The lowest BCUT2D eigenvalue weighted by Crippen LogP contribution is -2.36. The molecule has 0 unspecified atom stereocenters. The number of rotatable bonds is 7. The molecule has 3 aromatic rings. The minimum absolute atomic E-state index is 0.0926. The number of nitrogens with zero attached hydrogens (tertiary/aromatic N) is 5. The summed E-state index contributed by atoms with van der Waals surface area (Å²) in [5.74, 6) is 0.727. The van der Waals surface area contributed by atoms with Gasteiger partial charge in [-0.25, -0.2) is 19.3 Å². The van der Waals surface area contributed by atoms with Crippen LogP contribution in [0.2, 0.25) is 0 Å². The van der Waals surface area contributed by atoms with Gasteiger partial charge in [0.05, 0.1) is 23.8 Å². The number of aromatic nitrogens is 4. The molecular formula is C24H29FN6O2S. The summed E-state index contributed by atoms with van der Waals surface area (Å²) < 4.78 is 24.7. The molecule has 0 bridgehead atoms. The number of thiazole rings is 1. The Hall–Kier alpha value is -2.69. The van der Waals surface area contributed by atoms with Crippen molar-refractivity contribution in [1.82, 2.24) is 24.8 Å². The van der Waals surface area contributed by atoms with Gasteiger partial charge < -0.3 is 14.8 Å². The van der Waals surface area contributed by atoms with Crippen LogP contribution >= 0.6 is 11.3 Å². The molecule has 2 aliphatic rings. The summed E-state index contributed by atoms with van der Waals surface area (Å²) in [6, 6.07) is 6.49. The molecule has 0 amide bonds. The third kappa shape index (κ3) is 5.68. The molecule has 3 aromatic heterocycles. The summed E-state index contributed by atoms with van der Waals surface area (Å²) in [6.07, 6.45) is 7.73. The maximum atomic E-state index is 13.4. The minimum Gasteiger partial charge on any atom is -0.460 e. The van der Waals surface area contributed by atoms with Crippen LogP contribution in [0.1, 0.15) is 44.2 Å². The quantitative estimate of drug-likeness (QED) is 0.512. The van der Waals surface area contributed by atoms with Gasteiger partial charge in [0.25, 0.3) is 0 Å². The molecule has 8 nitrogen and oxygen atoms in total. The lowest BCUT2D eigenvalue weighted by Gasteiger charge is -2.33. The molecular weight excluding hydrogens is 455 g/mol. The van der Waals surface area contributed by atoms with E-state index < -0.39 is 6.17 Å². The van der Waals surface area contributed by atoms with Gasteiger partial charge in [-0.1, -0.05) is 17.4 Å². The monoisotopic (exact) mass is 484 g/mol. The number of hydrogen-bond acceptors (Lipinski definition) is 9. The van der Waals surface area contributed by atoms with Crippen molar-refractivity contribution in [2.75, 3.05) is 31.6 Å². The molecule has 0 radical (unpaired) electrons. The van der Waals surface area contributed by atoms with E-state index in [1.54, 1.807) is 12.4 Å². The Morgan fingerprint density at radius 1 is 1.09 bits per heavy atom. The molecule has 1 atom stereocenters. The number of halogens is 1. The predicted octanol–water partition coefficient (Wildman–Crippen LogP) is 4.79. The standard InChI is InChI=1S/C24H29FN6O2S/c1-16(31-10-5-18(25)6-11-31)17-2-3-22(27-14-17)30-24-28-15-21(34-24)20-4-9-26-23(29-20)33-19-7-12-32-13-8-19/h2-4,9,14-16,18-19H,5-8,10-13H2,1H3,(H,27,28,30)/t16-/m0/s1. The number of nitrogens with one attached hydrogen (secondary N) is 1. The van der Waals surface area contributed by atoms with E-state index in [9.17, 15) is 4.39 Å². The van der Waals surface area contributed by atoms with E-state index in [-0.39, 0.29) is 12.1 Å². The zero-order chi connectivity index (χ0) is 23.3. The lowest BCUT2D eigenvalue weighted by molar-refractivity contribution is 0.0217. The first-order valence-corrected chi connectivity index (χ1v) is 12.6. The number of alkyl halides is 1. The highest BCUT2D eigenvalue weighted by molar-refractivity contribution is 7.18. The number of piperidine rings is 1. The van der Waals surface area contributed by atoms with E-state index in [2.05, 4.69) is 43.1 Å². The largest absolute Gasteiger partial charge is 0.460 e. The van der Waals surface area contributed by atoms with Gasteiger partial charge >= 0.3 is 6.01 Å². The van der Waals surface area contributed by atoms with Crippen molar-refractivity contribution in [2.24, 2.45) is 0 Å². The van der Waals surface area contributed by atoms with Crippen LogP contribution in [0.4, 0.5) is 15.3 Å². The first kappa shape index (κ1) is 23.1. The first-order valence-electron chi connectivity index (χ1n) is 11.8. The lowest BCUT2D eigenvalue weighted by atomic mass is 10.0. The number of pyridine rings is 1. The Labute approximate surface area is 202 Å². The van der Waals surface area contributed by atoms with Crippen molar-refractivity contribution in [3.05, 3.63) is 42.4 Å². The van der Waals surface area contributed by atoms with Crippen LogP contribution in [0.3, 0.4) is 0 Å². The van der Waals surface area contributed by atoms with E-state index in [1.165, 1.54) is 11.3 Å². The van der Waals surface area contributed by atoms with Crippen molar-refractivity contribution in [2.45, 2.75) is 50.9 Å². The fraction of sp³-hybridized carbons (Fsp3) is 0.500. The molecule has 0 aromatic carbocycles. The molecule has 1 N–H and O–H groups in total. The van der Waals surface area contributed by atoms with Gasteiger partial charge in [0.1, 0.15) is 18.1 Å². The average Bonchev–Trinajstić information content (AvgIpc) is 3.34. The highest BCUT2D eigenvalue weighted by Crippen LogP contribution is 2.31. The van der Waals surface area contributed by atoms with Crippen molar-refractivity contribution in [3.8, 4) is 16.6 Å². The van der Waals surface area contributed by atoms with E-state index >= 15 is 0 Å². The van der Waals surface area contributed by atoms with Crippen molar-refractivity contribution in [3.63, 3.8) is 0 Å². The van der Waals surface area contributed by atoms with E-state index in [0.717, 1.165) is 53.0 Å². The Morgan fingerprint density at radius 3 is 2.68 bits per heavy atom. The third-order valence-electron chi connectivity index (χ3n) is 6.34. The molecule has 0 spiro atoms. The molecule has 10 heteroatoms. The SMILES string of the molecule is C[C@@H](c1ccc(Nc2ncc(-c3ccnc(OC4CCOCC4)n3)s2)nc1)N1CCC(F)CC1. The second kappa shape index (κ2) is 10.7. The normalized spacial score (nSPS) is 19.1. The molecule has 5 heterocycles. The summed E-state index contributed by atoms with van der Waals surface area (Å²) in [6.45, 7) is 5.14. The Balaban J connectivity index is 1.20. The first-order chi connectivity index (χ1) is 16.6. The maximum absolute atomic E-state index is 13.4. The van der Waals surface area contributed by atoms with Crippen LogP contribution in [0.5, 0.6) is 6.01 Å². The van der Waals surface area contributed by atoms with Crippen molar-refractivity contribution < 1.29 is 13.9 Å². The molecule has 0 aliphatic carbocycles. The van der Waals surface area contributed by atoms with Crippen LogP contribution in [-0.2, 0) is 4.74 Å². The Kier molecular flexibility index (Phi) is 7.27. The van der Waals surface area contributed by atoms with E-state index in [4.69, 9.17) is 9.47 Å². The zero-order valence-electron chi connectivity index (χ0n) is 19.2. The number of anilines is 2. The third-order valence-corrected chi connectivity index (χ3v) is 7.28. The second-order valence-electron chi connectivity index (χ2n) is 8.67.